The molecule has 1 aromatic carbocycles. The average molecular weight is 293 g/mol. The average Bonchev–Trinajstić information content (AvgIpc) is 2.80. The molecule has 0 bridgehead atoms. The topological polar surface area (TPSA) is 58.4 Å². The number of carbonyl (C=O) groups is 1. The van der Waals surface area contributed by atoms with Crippen molar-refractivity contribution in [3.63, 3.8) is 0 Å². The van der Waals surface area contributed by atoms with Crippen LogP contribution in [0.15, 0.2) is 18.2 Å². The van der Waals surface area contributed by atoms with Crippen LogP contribution in [-0.2, 0) is 4.79 Å². The van der Waals surface area contributed by atoms with E-state index in [2.05, 4.69) is 24.1 Å². The Hall–Kier alpha value is -1.62. The van der Waals surface area contributed by atoms with Crippen LogP contribution in [0.2, 0.25) is 0 Å². The van der Waals surface area contributed by atoms with Crippen molar-refractivity contribution in [3.8, 4) is 0 Å². The molecule has 3 N–H and O–H groups in total. The minimum absolute atomic E-state index is 0.0812. The summed E-state index contributed by atoms with van der Waals surface area (Å²) in [5, 5.41) is 2.75. The minimum atomic E-state index is -0.401. The zero-order chi connectivity index (χ0) is 15.4. The zero-order valence-corrected chi connectivity index (χ0v) is 12.7. The van der Waals surface area contributed by atoms with Crippen molar-refractivity contribution in [2.75, 3.05) is 17.6 Å². The van der Waals surface area contributed by atoms with E-state index >= 15 is 0 Å². The van der Waals surface area contributed by atoms with Gasteiger partial charge in [0.2, 0.25) is 5.91 Å². The first kappa shape index (κ1) is 15.8. The number of anilines is 2. The molecule has 5 heteroatoms. The third-order valence-corrected chi connectivity index (χ3v) is 4.31. The predicted octanol–water partition coefficient (Wildman–Crippen LogP) is 3.00. The van der Waals surface area contributed by atoms with Crippen molar-refractivity contribution in [2.24, 2.45) is 0 Å². The van der Waals surface area contributed by atoms with Crippen molar-refractivity contribution >= 4 is 17.3 Å². The smallest absolute Gasteiger partial charge is 0.225 e. The fraction of sp³-hybridized carbons (Fsp3) is 0.562. The first-order valence-electron chi connectivity index (χ1n) is 7.62. The number of likely N-dealkylation sites (tertiary alicyclic amines) is 1. The lowest BCUT2D eigenvalue weighted by molar-refractivity contribution is -0.116. The van der Waals surface area contributed by atoms with E-state index in [0.29, 0.717) is 24.2 Å². The van der Waals surface area contributed by atoms with Gasteiger partial charge in [0.1, 0.15) is 5.82 Å². The number of nitrogens with two attached hydrogens (primary N) is 1. The third kappa shape index (κ3) is 3.94. The van der Waals surface area contributed by atoms with E-state index in [-0.39, 0.29) is 11.6 Å². The number of nitrogens with zero attached hydrogens (tertiary/aromatic N) is 1. The number of nitrogen functional groups attached to an aromatic ring is 1. The van der Waals surface area contributed by atoms with Gasteiger partial charge in [-0.05, 0) is 44.4 Å². The summed E-state index contributed by atoms with van der Waals surface area (Å²) in [6.07, 6.45) is 3.96. The number of carbonyl (C=O) groups excluding carboxylic acids is 1. The van der Waals surface area contributed by atoms with Crippen molar-refractivity contribution in [1.82, 2.24) is 4.90 Å². The van der Waals surface area contributed by atoms with Gasteiger partial charge in [-0.1, -0.05) is 6.92 Å². The number of benzene rings is 1. The van der Waals surface area contributed by atoms with Crippen LogP contribution in [0, 0.1) is 5.82 Å². The lowest BCUT2D eigenvalue weighted by atomic mass is 10.1. The normalized spacial score (nSPS) is 22.4. The highest BCUT2D eigenvalue weighted by Crippen LogP contribution is 2.26. The summed E-state index contributed by atoms with van der Waals surface area (Å²) >= 11 is 0. The van der Waals surface area contributed by atoms with Gasteiger partial charge < -0.3 is 11.1 Å². The Bertz CT molecular complexity index is 506. The van der Waals surface area contributed by atoms with E-state index in [1.54, 1.807) is 0 Å². The quantitative estimate of drug-likeness (QED) is 0.821. The summed E-state index contributed by atoms with van der Waals surface area (Å²) in [4.78, 5) is 14.4. The molecule has 0 saturated carbocycles. The standard InChI is InChI=1S/C16H24FN3O/c1-3-13-6-4-11(2)20(13)9-8-16(21)19-15-7-5-12(17)10-14(15)18/h5,7,10-11,13H,3-4,6,8-9,18H2,1-2H3,(H,19,21). The first-order valence-corrected chi connectivity index (χ1v) is 7.62. The molecule has 0 radical (unpaired) electrons. The largest absolute Gasteiger partial charge is 0.397 e. The Kier molecular flexibility index (Phi) is 5.17. The Labute approximate surface area is 125 Å². The van der Waals surface area contributed by atoms with Gasteiger partial charge >= 0.3 is 0 Å². The molecule has 1 saturated heterocycles. The zero-order valence-electron chi connectivity index (χ0n) is 12.7. The Morgan fingerprint density at radius 2 is 2.24 bits per heavy atom. The molecule has 1 amide bonds. The van der Waals surface area contributed by atoms with Crippen LogP contribution in [0.5, 0.6) is 0 Å². The molecule has 116 valence electrons. The van der Waals surface area contributed by atoms with Crippen LogP contribution in [-0.4, -0.2) is 29.4 Å². The Morgan fingerprint density at radius 3 is 2.90 bits per heavy atom. The first-order chi connectivity index (χ1) is 10.0. The van der Waals surface area contributed by atoms with Gasteiger partial charge in [-0.15, -0.1) is 0 Å². The highest BCUT2D eigenvalue weighted by atomic mass is 19.1. The molecular weight excluding hydrogens is 269 g/mol. The lowest BCUT2D eigenvalue weighted by Crippen LogP contribution is -2.36. The number of rotatable bonds is 5. The summed E-state index contributed by atoms with van der Waals surface area (Å²) < 4.78 is 13.0. The van der Waals surface area contributed by atoms with Crippen LogP contribution in [0.3, 0.4) is 0 Å². The van der Waals surface area contributed by atoms with Gasteiger partial charge in [0.05, 0.1) is 11.4 Å². The van der Waals surface area contributed by atoms with Gasteiger partial charge in [0.15, 0.2) is 0 Å². The van der Waals surface area contributed by atoms with E-state index in [1.165, 1.54) is 31.0 Å². The Balaban J connectivity index is 1.87. The number of nitrogens with one attached hydrogen (secondary N) is 1. The highest BCUT2D eigenvalue weighted by molar-refractivity contribution is 5.93. The highest BCUT2D eigenvalue weighted by Gasteiger charge is 2.29. The molecule has 0 aromatic heterocycles. The molecule has 0 aliphatic carbocycles. The number of hydrogen-bond donors (Lipinski definition) is 2. The number of halogens is 1. The van der Waals surface area contributed by atoms with E-state index in [4.69, 9.17) is 5.73 Å². The number of hydrogen-bond acceptors (Lipinski definition) is 3. The molecule has 1 heterocycles. The number of amides is 1. The van der Waals surface area contributed by atoms with E-state index < -0.39 is 5.82 Å². The molecule has 2 unspecified atom stereocenters. The van der Waals surface area contributed by atoms with Crippen LogP contribution in [0.4, 0.5) is 15.8 Å². The SMILES string of the molecule is CCC1CCC(C)N1CCC(=O)Nc1ccc(F)cc1N. The van der Waals surface area contributed by atoms with Gasteiger partial charge in [-0.3, -0.25) is 9.69 Å². The van der Waals surface area contributed by atoms with Crippen molar-refractivity contribution in [3.05, 3.63) is 24.0 Å². The van der Waals surface area contributed by atoms with Gasteiger partial charge in [0, 0.05) is 25.0 Å². The summed E-state index contributed by atoms with van der Waals surface area (Å²) in [5.74, 6) is -0.482. The molecule has 2 atom stereocenters. The van der Waals surface area contributed by atoms with E-state index in [9.17, 15) is 9.18 Å². The van der Waals surface area contributed by atoms with Crippen LogP contribution >= 0.6 is 0 Å². The van der Waals surface area contributed by atoms with Gasteiger partial charge in [-0.2, -0.15) is 0 Å². The summed E-state index contributed by atoms with van der Waals surface area (Å²) in [5.41, 5.74) is 6.42. The summed E-state index contributed by atoms with van der Waals surface area (Å²) in [7, 11) is 0. The Morgan fingerprint density at radius 1 is 1.48 bits per heavy atom. The van der Waals surface area contributed by atoms with Crippen LogP contribution in [0.1, 0.15) is 39.5 Å². The maximum absolute atomic E-state index is 13.0. The third-order valence-electron chi connectivity index (χ3n) is 4.31. The van der Waals surface area contributed by atoms with Crippen molar-refractivity contribution in [2.45, 2.75) is 51.6 Å². The van der Waals surface area contributed by atoms with Crippen molar-refractivity contribution in [1.29, 1.82) is 0 Å². The fourth-order valence-corrected chi connectivity index (χ4v) is 3.06. The van der Waals surface area contributed by atoms with Crippen LogP contribution < -0.4 is 11.1 Å². The lowest BCUT2D eigenvalue weighted by Gasteiger charge is -2.27. The molecule has 4 nitrogen and oxygen atoms in total. The molecule has 1 aliphatic heterocycles. The van der Waals surface area contributed by atoms with E-state index in [1.807, 2.05) is 0 Å². The molecule has 21 heavy (non-hydrogen) atoms. The monoisotopic (exact) mass is 293 g/mol. The fourth-order valence-electron chi connectivity index (χ4n) is 3.06. The maximum Gasteiger partial charge on any atom is 0.225 e. The predicted molar refractivity (Wildman–Crippen MR) is 83.5 cm³/mol. The second kappa shape index (κ2) is 6.89. The summed E-state index contributed by atoms with van der Waals surface area (Å²) in [6.45, 7) is 5.16. The molecular formula is C16H24FN3O. The second-order valence-corrected chi connectivity index (χ2v) is 5.76. The second-order valence-electron chi connectivity index (χ2n) is 5.76. The van der Waals surface area contributed by atoms with E-state index in [0.717, 1.165) is 13.0 Å². The van der Waals surface area contributed by atoms with Crippen LogP contribution in [0.25, 0.3) is 0 Å². The molecule has 1 fully saturated rings. The summed E-state index contributed by atoms with van der Waals surface area (Å²) in [6, 6.07) is 5.13. The molecule has 1 aromatic rings. The molecule has 2 rings (SSSR count). The molecule has 1 aliphatic rings. The van der Waals surface area contributed by atoms with Gasteiger partial charge in [0.25, 0.3) is 0 Å². The minimum Gasteiger partial charge on any atom is -0.397 e. The maximum atomic E-state index is 13.0. The van der Waals surface area contributed by atoms with Crippen molar-refractivity contribution < 1.29 is 9.18 Å². The molecule has 0 spiro atoms. The van der Waals surface area contributed by atoms with Gasteiger partial charge in [-0.25, -0.2) is 4.39 Å².